The smallest absolute Gasteiger partial charge is 0.162 e. The van der Waals surface area contributed by atoms with Crippen LogP contribution in [-0.4, -0.2) is 17.1 Å². The molecule has 0 radical (unpaired) electrons. The Bertz CT molecular complexity index is 465. The van der Waals surface area contributed by atoms with Crippen molar-refractivity contribution < 1.29 is 4.74 Å². The Morgan fingerprint density at radius 3 is 2.59 bits per heavy atom. The molecule has 0 spiro atoms. The summed E-state index contributed by atoms with van der Waals surface area (Å²) < 4.78 is 5.12. The maximum absolute atomic E-state index is 5.12. The summed E-state index contributed by atoms with van der Waals surface area (Å²) in [4.78, 5) is 7.23. The number of rotatable bonds is 5. The van der Waals surface area contributed by atoms with E-state index >= 15 is 0 Å². The number of aromatic nitrogens is 2. The van der Waals surface area contributed by atoms with Gasteiger partial charge in [0.2, 0.25) is 0 Å². The molecule has 0 bridgehead atoms. The first-order valence-corrected chi connectivity index (χ1v) is 6.09. The first-order chi connectivity index (χ1) is 8.28. The lowest BCUT2D eigenvalue weighted by Gasteiger charge is -2.02. The highest BCUT2D eigenvalue weighted by Crippen LogP contribution is 2.13. The molecule has 90 valence electrons. The van der Waals surface area contributed by atoms with Gasteiger partial charge in [-0.05, 0) is 37.0 Å². The lowest BCUT2D eigenvalue weighted by molar-refractivity contribution is 0.414. The number of methoxy groups -OCH3 is 1. The highest BCUT2D eigenvalue weighted by atomic mass is 32.1. The van der Waals surface area contributed by atoms with E-state index in [-0.39, 0.29) is 0 Å². The summed E-state index contributed by atoms with van der Waals surface area (Å²) in [5, 5.41) is 0.685. The average Bonchev–Trinajstić information content (AvgIpc) is 2.76. The van der Waals surface area contributed by atoms with Crippen molar-refractivity contribution in [2.24, 2.45) is 0 Å². The number of nitrogens with zero attached hydrogens (tertiary/aromatic N) is 1. The summed E-state index contributed by atoms with van der Waals surface area (Å²) in [7, 11) is 1.68. The van der Waals surface area contributed by atoms with E-state index in [1.165, 1.54) is 5.56 Å². The van der Waals surface area contributed by atoms with Gasteiger partial charge < -0.3 is 9.72 Å². The standard InChI is InChI=1S/C13H16N2OS/c1-16-12-7-5-10(6-8-12)3-2-4-11-9-14-13(17)15-11/h5-9H,2-4H2,1H3,(H2,14,15,17). The number of hydrogen-bond acceptors (Lipinski definition) is 3. The minimum absolute atomic E-state index is 0.685. The molecule has 1 N–H and O–H groups in total. The van der Waals surface area contributed by atoms with E-state index in [2.05, 4.69) is 34.7 Å². The largest absolute Gasteiger partial charge is 0.497 e. The summed E-state index contributed by atoms with van der Waals surface area (Å²) in [5.41, 5.74) is 2.40. The van der Waals surface area contributed by atoms with Gasteiger partial charge in [0.05, 0.1) is 12.8 Å². The summed E-state index contributed by atoms with van der Waals surface area (Å²) in [6.07, 6.45) is 5.03. The molecule has 0 aliphatic carbocycles. The van der Waals surface area contributed by atoms with Gasteiger partial charge in [-0.25, -0.2) is 4.98 Å². The fraction of sp³-hybridized carbons (Fsp3) is 0.308. The fourth-order valence-corrected chi connectivity index (χ4v) is 1.94. The van der Waals surface area contributed by atoms with E-state index in [1.54, 1.807) is 7.11 Å². The zero-order valence-electron chi connectivity index (χ0n) is 9.81. The Hall–Kier alpha value is -1.42. The third-order valence-electron chi connectivity index (χ3n) is 2.67. The molecule has 3 nitrogen and oxygen atoms in total. The summed E-state index contributed by atoms with van der Waals surface area (Å²) in [5.74, 6) is 0.903. The van der Waals surface area contributed by atoms with Crippen LogP contribution in [0.5, 0.6) is 5.75 Å². The number of benzene rings is 1. The molecule has 0 aliphatic rings. The molecule has 4 heteroatoms. The number of nitrogens with one attached hydrogen (secondary N) is 1. The van der Waals surface area contributed by atoms with Gasteiger partial charge in [0, 0.05) is 6.20 Å². The maximum atomic E-state index is 5.12. The molecule has 2 aromatic rings. The van der Waals surface area contributed by atoms with Crippen LogP contribution in [0.4, 0.5) is 0 Å². The van der Waals surface area contributed by atoms with Gasteiger partial charge >= 0.3 is 0 Å². The Balaban J connectivity index is 1.81. The molecule has 0 amide bonds. The van der Waals surface area contributed by atoms with Crippen LogP contribution >= 0.6 is 12.6 Å². The van der Waals surface area contributed by atoms with Crippen molar-refractivity contribution in [1.82, 2.24) is 9.97 Å². The van der Waals surface area contributed by atoms with Crippen LogP contribution in [0.2, 0.25) is 0 Å². The van der Waals surface area contributed by atoms with E-state index in [1.807, 2.05) is 18.3 Å². The minimum atomic E-state index is 0.685. The molecular formula is C13H16N2OS. The predicted octanol–water partition coefficient (Wildman–Crippen LogP) is 2.88. The zero-order valence-corrected chi connectivity index (χ0v) is 10.7. The van der Waals surface area contributed by atoms with Gasteiger partial charge in [0.25, 0.3) is 0 Å². The lowest BCUT2D eigenvalue weighted by Crippen LogP contribution is -1.91. The molecule has 0 unspecified atom stereocenters. The Kier molecular flexibility index (Phi) is 4.09. The van der Waals surface area contributed by atoms with Gasteiger partial charge in [-0.2, -0.15) is 0 Å². The number of ether oxygens (including phenoxy) is 1. The molecule has 0 atom stereocenters. The van der Waals surface area contributed by atoms with Crippen LogP contribution in [-0.2, 0) is 12.8 Å². The number of aryl methyl sites for hydroxylation is 2. The van der Waals surface area contributed by atoms with Crippen LogP contribution in [0.1, 0.15) is 17.7 Å². The molecule has 0 saturated carbocycles. The highest BCUT2D eigenvalue weighted by molar-refractivity contribution is 7.80. The Morgan fingerprint density at radius 1 is 1.24 bits per heavy atom. The molecule has 0 fully saturated rings. The first-order valence-electron chi connectivity index (χ1n) is 5.64. The SMILES string of the molecule is COc1ccc(CCCc2c[nH]c(S)n2)cc1. The third kappa shape index (κ3) is 3.53. The number of H-pyrrole nitrogens is 1. The van der Waals surface area contributed by atoms with E-state index in [0.29, 0.717) is 5.16 Å². The van der Waals surface area contributed by atoms with Crippen molar-refractivity contribution in [2.75, 3.05) is 7.11 Å². The fourth-order valence-electron chi connectivity index (χ4n) is 1.74. The van der Waals surface area contributed by atoms with E-state index in [9.17, 15) is 0 Å². The monoisotopic (exact) mass is 248 g/mol. The van der Waals surface area contributed by atoms with Gasteiger partial charge in [0.15, 0.2) is 5.16 Å². The number of aromatic amines is 1. The second-order valence-corrected chi connectivity index (χ2v) is 4.34. The summed E-state index contributed by atoms with van der Waals surface area (Å²) in [6, 6.07) is 8.20. The predicted molar refractivity (Wildman–Crippen MR) is 70.9 cm³/mol. The molecule has 17 heavy (non-hydrogen) atoms. The van der Waals surface area contributed by atoms with Crippen molar-refractivity contribution in [3.05, 3.63) is 41.7 Å². The normalized spacial score (nSPS) is 10.5. The van der Waals surface area contributed by atoms with Gasteiger partial charge in [-0.1, -0.05) is 12.1 Å². The van der Waals surface area contributed by atoms with Crippen LogP contribution < -0.4 is 4.74 Å². The van der Waals surface area contributed by atoms with E-state index in [0.717, 1.165) is 30.7 Å². The van der Waals surface area contributed by atoms with Crippen LogP contribution in [0.15, 0.2) is 35.6 Å². The number of hydrogen-bond donors (Lipinski definition) is 2. The number of thiol groups is 1. The molecule has 1 heterocycles. The summed E-state index contributed by atoms with van der Waals surface area (Å²) in [6.45, 7) is 0. The van der Waals surface area contributed by atoms with Crippen molar-refractivity contribution >= 4 is 12.6 Å². The third-order valence-corrected chi connectivity index (χ3v) is 2.90. The molecule has 0 saturated heterocycles. The topological polar surface area (TPSA) is 37.9 Å². The van der Waals surface area contributed by atoms with Crippen LogP contribution in [0, 0.1) is 0 Å². The Labute approximate surface area is 107 Å². The molecular weight excluding hydrogens is 232 g/mol. The number of imidazole rings is 1. The average molecular weight is 248 g/mol. The zero-order chi connectivity index (χ0) is 12.1. The minimum Gasteiger partial charge on any atom is -0.497 e. The van der Waals surface area contributed by atoms with Crippen LogP contribution in [0.25, 0.3) is 0 Å². The van der Waals surface area contributed by atoms with Crippen molar-refractivity contribution in [1.29, 1.82) is 0 Å². The van der Waals surface area contributed by atoms with Crippen LogP contribution in [0.3, 0.4) is 0 Å². The van der Waals surface area contributed by atoms with Gasteiger partial charge in [-0.15, -0.1) is 12.6 Å². The molecule has 1 aromatic heterocycles. The quantitative estimate of drug-likeness (QED) is 0.798. The first kappa shape index (κ1) is 12.0. The van der Waals surface area contributed by atoms with Crippen molar-refractivity contribution in [3.8, 4) is 5.75 Å². The second-order valence-electron chi connectivity index (χ2n) is 3.92. The summed E-state index contributed by atoms with van der Waals surface area (Å²) >= 11 is 4.14. The van der Waals surface area contributed by atoms with Crippen molar-refractivity contribution in [3.63, 3.8) is 0 Å². The van der Waals surface area contributed by atoms with E-state index in [4.69, 9.17) is 4.74 Å². The van der Waals surface area contributed by atoms with E-state index < -0.39 is 0 Å². The Morgan fingerprint density at radius 2 is 2.00 bits per heavy atom. The molecule has 1 aromatic carbocycles. The maximum Gasteiger partial charge on any atom is 0.162 e. The molecule has 2 rings (SSSR count). The van der Waals surface area contributed by atoms with Crippen molar-refractivity contribution in [2.45, 2.75) is 24.4 Å². The second kappa shape index (κ2) is 5.77. The molecule has 0 aliphatic heterocycles. The lowest BCUT2D eigenvalue weighted by atomic mass is 10.1. The highest BCUT2D eigenvalue weighted by Gasteiger charge is 1.99. The van der Waals surface area contributed by atoms with Gasteiger partial charge in [-0.3, -0.25) is 0 Å². The van der Waals surface area contributed by atoms with Gasteiger partial charge in [0.1, 0.15) is 5.75 Å².